The number of nitrogens with one attached hydrogen (secondary N) is 1. The van der Waals surface area contributed by atoms with Gasteiger partial charge >= 0.3 is 0 Å². The number of aromatic nitrogens is 2. The molecular formula is C29H31N3O2. The average molecular weight is 454 g/mol. The highest BCUT2D eigenvalue weighted by molar-refractivity contribution is 5.97. The van der Waals surface area contributed by atoms with Crippen LogP contribution in [-0.2, 0) is 23.4 Å². The molecule has 0 saturated carbocycles. The summed E-state index contributed by atoms with van der Waals surface area (Å²) in [4.78, 5) is 13.1. The summed E-state index contributed by atoms with van der Waals surface area (Å²) in [5.74, 6) is 1.29. The molecule has 0 aliphatic carbocycles. The lowest BCUT2D eigenvalue weighted by molar-refractivity contribution is -0.120. The molecule has 5 heteroatoms. The Balaban J connectivity index is 1.50. The minimum atomic E-state index is -0.673. The van der Waals surface area contributed by atoms with Gasteiger partial charge in [-0.2, -0.15) is 5.10 Å². The predicted octanol–water partition coefficient (Wildman–Crippen LogP) is 6.04. The van der Waals surface area contributed by atoms with Crippen molar-refractivity contribution in [1.82, 2.24) is 9.78 Å². The van der Waals surface area contributed by atoms with Crippen LogP contribution >= 0.6 is 0 Å². The van der Waals surface area contributed by atoms with Gasteiger partial charge in [-0.05, 0) is 44.9 Å². The summed E-state index contributed by atoms with van der Waals surface area (Å²) in [6, 6.07) is 28.0. The van der Waals surface area contributed by atoms with E-state index >= 15 is 0 Å². The van der Waals surface area contributed by atoms with Gasteiger partial charge in [-0.15, -0.1) is 0 Å². The van der Waals surface area contributed by atoms with Crippen molar-refractivity contribution in [2.75, 3.05) is 5.32 Å². The highest BCUT2D eigenvalue weighted by Crippen LogP contribution is 2.26. The molecular weight excluding hydrogens is 422 g/mol. The Kier molecular flexibility index (Phi) is 6.82. The molecule has 1 N–H and O–H groups in total. The fraction of sp³-hybridized carbons (Fsp3) is 0.241. The second kappa shape index (κ2) is 9.96. The van der Waals surface area contributed by atoms with Gasteiger partial charge in [0.15, 0.2) is 5.82 Å². The smallest absolute Gasteiger partial charge is 0.235 e. The van der Waals surface area contributed by atoms with Crippen molar-refractivity contribution < 1.29 is 9.53 Å². The number of anilines is 1. The van der Waals surface area contributed by atoms with Crippen molar-refractivity contribution in [1.29, 1.82) is 0 Å². The molecule has 1 aromatic heterocycles. The Hall–Kier alpha value is -3.86. The minimum Gasteiger partial charge on any atom is -0.489 e. The standard InChI is InChI=1S/C29H31N3O2/c1-21-15-16-26(34-20-23-11-7-5-8-12-23)24(17-21)19-32-22(2)18-27(31-32)30-28(33)29(3,4)25-13-9-6-10-14-25/h5-18H,19-20H2,1-4H3,(H,30,31,33). The fourth-order valence-electron chi connectivity index (χ4n) is 3.86. The van der Waals surface area contributed by atoms with E-state index < -0.39 is 5.41 Å². The van der Waals surface area contributed by atoms with Gasteiger partial charge in [0.05, 0.1) is 12.0 Å². The molecule has 4 rings (SSSR count). The van der Waals surface area contributed by atoms with Crippen LogP contribution in [-0.4, -0.2) is 15.7 Å². The van der Waals surface area contributed by atoms with Crippen molar-refractivity contribution in [2.24, 2.45) is 0 Å². The Bertz CT molecular complexity index is 1260. The van der Waals surface area contributed by atoms with Gasteiger partial charge in [0, 0.05) is 17.3 Å². The number of nitrogens with zero attached hydrogens (tertiary/aromatic N) is 2. The molecule has 0 aliphatic rings. The molecule has 5 nitrogen and oxygen atoms in total. The molecule has 4 aromatic rings. The maximum absolute atomic E-state index is 13.1. The van der Waals surface area contributed by atoms with Crippen LogP contribution in [0.3, 0.4) is 0 Å². The van der Waals surface area contributed by atoms with E-state index in [1.165, 1.54) is 0 Å². The van der Waals surface area contributed by atoms with E-state index in [2.05, 4.69) is 41.6 Å². The van der Waals surface area contributed by atoms with E-state index in [1.54, 1.807) is 0 Å². The summed E-state index contributed by atoms with van der Waals surface area (Å²) in [6.45, 7) is 8.96. The molecule has 0 aliphatic heterocycles. The number of amides is 1. The van der Waals surface area contributed by atoms with E-state index in [4.69, 9.17) is 4.74 Å². The molecule has 0 spiro atoms. The molecule has 1 amide bonds. The first-order chi connectivity index (χ1) is 16.3. The van der Waals surface area contributed by atoms with E-state index in [0.717, 1.165) is 33.7 Å². The van der Waals surface area contributed by atoms with E-state index in [-0.39, 0.29) is 5.91 Å². The first-order valence-corrected chi connectivity index (χ1v) is 11.5. The molecule has 174 valence electrons. The molecule has 0 radical (unpaired) electrons. The zero-order chi connectivity index (χ0) is 24.1. The molecule has 0 saturated heterocycles. The maximum atomic E-state index is 13.1. The van der Waals surface area contributed by atoms with Gasteiger partial charge in [-0.25, -0.2) is 0 Å². The van der Waals surface area contributed by atoms with Crippen molar-refractivity contribution in [3.63, 3.8) is 0 Å². The zero-order valence-electron chi connectivity index (χ0n) is 20.2. The summed E-state index contributed by atoms with van der Waals surface area (Å²) in [5, 5.41) is 7.67. The van der Waals surface area contributed by atoms with Crippen LogP contribution in [0.2, 0.25) is 0 Å². The number of aryl methyl sites for hydroxylation is 2. The topological polar surface area (TPSA) is 56.1 Å². The van der Waals surface area contributed by atoms with Gasteiger partial charge in [0.25, 0.3) is 0 Å². The number of hydrogen-bond donors (Lipinski definition) is 1. The number of hydrogen-bond acceptors (Lipinski definition) is 3. The zero-order valence-corrected chi connectivity index (χ0v) is 20.2. The summed E-state index contributed by atoms with van der Waals surface area (Å²) in [5.41, 5.74) is 4.57. The normalized spacial score (nSPS) is 11.3. The molecule has 3 aromatic carbocycles. The van der Waals surface area contributed by atoms with Gasteiger partial charge < -0.3 is 10.1 Å². The number of rotatable bonds is 8. The average Bonchev–Trinajstić information content (AvgIpc) is 3.18. The van der Waals surface area contributed by atoms with E-state index in [9.17, 15) is 4.79 Å². The van der Waals surface area contributed by atoms with Gasteiger partial charge in [0.2, 0.25) is 5.91 Å². The van der Waals surface area contributed by atoms with E-state index in [1.807, 2.05) is 86.1 Å². The molecule has 0 fully saturated rings. The highest BCUT2D eigenvalue weighted by Gasteiger charge is 2.30. The van der Waals surface area contributed by atoms with Crippen LogP contribution in [0.5, 0.6) is 5.75 Å². The van der Waals surface area contributed by atoms with Crippen LogP contribution in [0.4, 0.5) is 5.82 Å². The second-order valence-electron chi connectivity index (χ2n) is 9.16. The van der Waals surface area contributed by atoms with Crippen molar-refractivity contribution in [3.05, 3.63) is 113 Å². The number of carbonyl (C=O) groups is 1. The van der Waals surface area contributed by atoms with Crippen LogP contribution < -0.4 is 10.1 Å². The summed E-state index contributed by atoms with van der Waals surface area (Å²) in [6.07, 6.45) is 0. The first-order valence-electron chi connectivity index (χ1n) is 11.5. The number of ether oxygens (including phenoxy) is 1. The SMILES string of the molecule is Cc1ccc(OCc2ccccc2)c(Cn2nc(NC(=O)C(C)(C)c3ccccc3)cc2C)c1. The molecule has 0 atom stereocenters. The van der Waals surface area contributed by atoms with Crippen LogP contribution in [0, 0.1) is 13.8 Å². The molecule has 0 bridgehead atoms. The quantitative estimate of drug-likeness (QED) is 0.354. The van der Waals surface area contributed by atoms with Crippen molar-refractivity contribution in [2.45, 2.75) is 46.3 Å². The maximum Gasteiger partial charge on any atom is 0.235 e. The largest absolute Gasteiger partial charge is 0.489 e. The van der Waals surface area contributed by atoms with Crippen molar-refractivity contribution >= 4 is 11.7 Å². The molecule has 1 heterocycles. The third-order valence-corrected chi connectivity index (χ3v) is 6.06. The Morgan fingerprint density at radius 2 is 1.62 bits per heavy atom. The Morgan fingerprint density at radius 1 is 0.941 bits per heavy atom. The molecule has 34 heavy (non-hydrogen) atoms. The summed E-state index contributed by atoms with van der Waals surface area (Å²) < 4.78 is 8.04. The van der Waals surface area contributed by atoms with E-state index in [0.29, 0.717) is 19.0 Å². The second-order valence-corrected chi connectivity index (χ2v) is 9.16. The van der Waals surface area contributed by atoms with Gasteiger partial charge in [-0.1, -0.05) is 78.4 Å². The monoisotopic (exact) mass is 453 g/mol. The van der Waals surface area contributed by atoms with Crippen molar-refractivity contribution in [3.8, 4) is 5.75 Å². The Morgan fingerprint density at radius 3 is 2.32 bits per heavy atom. The van der Waals surface area contributed by atoms with Crippen LogP contribution in [0.1, 0.15) is 41.8 Å². The number of benzene rings is 3. The lowest BCUT2D eigenvalue weighted by Gasteiger charge is -2.23. The lowest BCUT2D eigenvalue weighted by Crippen LogP contribution is -2.34. The summed E-state index contributed by atoms with van der Waals surface area (Å²) >= 11 is 0. The third kappa shape index (κ3) is 5.37. The number of carbonyl (C=O) groups excluding carboxylic acids is 1. The van der Waals surface area contributed by atoms with Crippen LogP contribution in [0.15, 0.2) is 84.9 Å². The van der Waals surface area contributed by atoms with Gasteiger partial charge in [0.1, 0.15) is 12.4 Å². The third-order valence-electron chi connectivity index (χ3n) is 6.06. The highest BCUT2D eigenvalue weighted by atomic mass is 16.5. The minimum absolute atomic E-state index is 0.0919. The molecule has 0 unspecified atom stereocenters. The summed E-state index contributed by atoms with van der Waals surface area (Å²) in [7, 11) is 0. The van der Waals surface area contributed by atoms with Crippen LogP contribution in [0.25, 0.3) is 0 Å². The lowest BCUT2D eigenvalue weighted by atomic mass is 9.84. The first kappa shape index (κ1) is 23.3. The predicted molar refractivity (Wildman–Crippen MR) is 136 cm³/mol. The van der Waals surface area contributed by atoms with Gasteiger partial charge in [-0.3, -0.25) is 9.48 Å². The Labute approximate surface area is 201 Å². The fourth-order valence-corrected chi connectivity index (χ4v) is 3.86.